The Labute approximate surface area is 170 Å². The zero-order valence-electron chi connectivity index (χ0n) is 16.3. The zero-order chi connectivity index (χ0) is 20.4. The quantitative estimate of drug-likeness (QED) is 0.598. The minimum Gasteiger partial charge on any atom is -0.373 e. The molecular formula is C21H27ClFN3O2. The fourth-order valence-electron chi connectivity index (χ4n) is 3.04. The predicted molar refractivity (Wildman–Crippen MR) is 109 cm³/mol. The lowest BCUT2D eigenvalue weighted by Crippen LogP contribution is -2.37. The molecule has 0 saturated carbocycles. The molecule has 5 nitrogen and oxygen atoms in total. The molecule has 2 atom stereocenters. The van der Waals surface area contributed by atoms with Crippen LogP contribution < -0.4 is 10.6 Å². The normalized spacial score (nSPS) is 13.1. The molecule has 0 bridgehead atoms. The largest absolute Gasteiger partial charge is 0.373 e. The van der Waals surface area contributed by atoms with Crippen LogP contribution in [0.15, 0.2) is 42.6 Å². The number of hydrogen-bond donors (Lipinski definition) is 2. The lowest BCUT2D eigenvalue weighted by Gasteiger charge is -2.28. The van der Waals surface area contributed by atoms with Crippen LogP contribution >= 0.6 is 11.6 Å². The number of benzene rings is 1. The number of aromatic nitrogens is 1. The van der Waals surface area contributed by atoms with E-state index >= 15 is 0 Å². The highest BCUT2D eigenvalue weighted by Crippen LogP contribution is 2.28. The molecule has 0 aliphatic rings. The van der Waals surface area contributed by atoms with Crippen molar-refractivity contribution in [1.29, 1.82) is 0 Å². The number of hydrogen-bond acceptors (Lipinski definition) is 4. The van der Waals surface area contributed by atoms with Gasteiger partial charge in [0, 0.05) is 43.9 Å². The number of aryl methyl sites for hydroxylation is 1. The Morgan fingerprint density at radius 3 is 2.75 bits per heavy atom. The molecule has 7 heteroatoms. The number of halogens is 2. The van der Waals surface area contributed by atoms with E-state index in [9.17, 15) is 9.18 Å². The average Bonchev–Trinajstić information content (AvgIpc) is 2.71. The van der Waals surface area contributed by atoms with E-state index in [4.69, 9.17) is 16.3 Å². The van der Waals surface area contributed by atoms with Crippen molar-refractivity contribution in [3.63, 3.8) is 0 Å². The number of rotatable bonds is 11. The second kappa shape index (κ2) is 11.7. The molecule has 0 aliphatic heterocycles. The molecule has 28 heavy (non-hydrogen) atoms. The summed E-state index contributed by atoms with van der Waals surface area (Å²) in [6.45, 7) is 3.39. The first-order chi connectivity index (χ1) is 13.5. The minimum atomic E-state index is -0.480. The maximum atomic E-state index is 13.9. The fourth-order valence-corrected chi connectivity index (χ4v) is 3.16. The Morgan fingerprint density at radius 2 is 2.11 bits per heavy atom. The van der Waals surface area contributed by atoms with Gasteiger partial charge in [0.15, 0.2) is 0 Å². The van der Waals surface area contributed by atoms with Crippen LogP contribution in [-0.4, -0.2) is 37.6 Å². The summed E-state index contributed by atoms with van der Waals surface area (Å²) in [6, 6.07) is 10.3. The lowest BCUT2D eigenvalue weighted by molar-refractivity contribution is -0.121. The highest BCUT2D eigenvalue weighted by molar-refractivity contribution is 6.30. The minimum absolute atomic E-state index is 0.0516. The van der Waals surface area contributed by atoms with Crippen LogP contribution in [-0.2, 0) is 16.0 Å². The van der Waals surface area contributed by atoms with Crippen LogP contribution in [0.5, 0.6) is 0 Å². The molecule has 2 N–H and O–H groups in total. The second-order valence-electron chi connectivity index (χ2n) is 6.49. The molecule has 1 heterocycles. The molecule has 0 aliphatic carbocycles. The van der Waals surface area contributed by atoms with Gasteiger partial charge in [0.05, 0.1) is 11.1 Å². The summed E-state index contributed by atoms with van der Waals surface area (Å²) in [5.74, 6) is -0.597. The Hall–Kier alpha value is -2.02. The van der Waals surface area contributed by atoms with E-state index in [1.807, 2.05) is 32.2 Å². The number of nitrogens with zero attached hydrogens (tertiary/aromatic N) is 1. The summed E-state index contributed by atoms with van der Waals surface area (Å²) in [6.07, 6.45) is 2.30. The summed E-state index contributed by atoms with van der Waals surface area (Å²) in [5, 5.41) is 6.16. The topological polar surface area (TPSA) is 63.2 Å². The van der Waals surface area contributed by atoms with Gasteiger partial charge in [-0.05, 0) is 50.2 Å². The summed E-state index contributed by atoms with van der Waals surface area (Å²) in [7, 11) is 1.83. The average molecular weight is 408 g/mol. The second-order valence-corrected chi connectivity index (χ2v) is 6.90. The number of nitrogens with one attached hydrogen (secondary N) is 2. The monoisotopic (exact) mass is 407 g/mol. The van der Waals surface area contributed by atoms with E-state index in [0.717, 1.165) is 5.69 Å². The maximum Gasteiger partial charge on any atom is 0.220 e. The molecule has 2 aromatic rings. The highest BCUT2D eigenvalue weighted by Gasteiger charge is 2.25. The third-order valence-corrected chi connectivity index (χ3v) is 4.72. The molecule has 0 radical (unpaired) electrons. The van der Waals surface area contributed by atoms with Crippen LogP contribution in [0.3, 0.4) is 0 Å². The van der Waals surface area contributed by atoms with Gasteiger partial charge in [-0.15, -0.1) is 0 Å². The lowest BCUT2D eigenvalue weighted by atomic mass is 9.94. The first kappa shape index (κ1) is 22.3. The van der Waals surface area contributed by atoms with Gasteiger partial charge in [-0.25, -0.2) is 4.39 Å². The van der Waals surface area contributed by atoms with Gasteiger partial charge in [-0.1, -0.05) is 23.7 Å². The van der Waals surface area contributed by atoms with E-state index in [0.29, 0.717) is 38.1 Å². The van der Waals surface area contributed by atoms with E-state index in [1.54, 1.807) is 12.3 Å². The van der Waals surface area contributed by atoms with Crippen molar-refractivity contribution < 1.29 is 13.9 Å². The van der Waals surface area contributed by atoms with E-state index < -0.39 is 5.82 Å². The Kier molecular flexibility index (Phi) is 9.34. The van der Waals surface area contributed by atoms with Gasteiger partial charge in [0.2, 0.25) is 5.91 Å². The van der Waals surface area contributed by atoms with Gasteiger partial charge in [0.25, 0.3) is 0 Å². The van der Waals surface area contributed by atoms with Crippen LogP contribution in [0.4, 0.5) is 4.39 Å². The van der Waals surface area contributed by atoms with Gasteiger partial charge in [-0.2, -0.15) is 0 Å². The number of carbonyl (C=O) groups excluding carboxylic acids is 1. The first-order valence-corrected chi connectivity index (χ1v) is 9.80. The van der Waals surface area contributed by atoms with E-state index in [2.05, 4.69) is 15.6 Å². The molecule has 2 unspecified atom stereocenters. The van der Waals surface area contributed by atoms with Crippen molar-refractivity contribution in [3.8, 4) is 0 Å². The van der Waals surface area contributed by atoms with E-state index in [1.165, 1.54) is 12.1 Å². The third kappa shape index (κ3) is 6.86. The molecule has 0 fully saturated rings. The zero-order valence-corrected chi connectivity index (χ0v) is 17.0. The Bertz CT molecular complexity index is 746. The summed E-state index contributed by atoms with van der Waals surface area (Å²) in [5.41, 5.74) is 1.58. The molecule has 1 aromatic carbocycles. The standard InChI is InChI=1S/C21H27ClFN3O2/c1-3-28-21(15-7-9-18(22)19(23)12-15)16(13-24-2)14-26-20(27)10-8-17-6-4-5-11-25-17/h4-7,9,11-12,16,21,24H,3,8,10,13-14H2,1-2H3,(H,26,27). The Balaban J connectivity index is 2.00. The summed E-state index contributed by atoms with van der Waals surface area (Å²) < 4.78 is 19.8. The molecule has 1 amide bonds. The van der Waals surface area contributed by atoms with Crippen molar-refractivity contribution in [2.45, 2.75) is 25.9 Å². The van der Waals surface area contributed by atoms with E-state index in [-0.39, 0.29) is 23.0 Å². The van der Waals surface area contributed by atoms with Crippen molar-refractivity contribution >= 4 is 17.5 Å². The van der Waals surface area contributed by atoms with Gasteiger partial charge < -0.3 is 15.4 Å². The Morgan fingerprint density at radius 1 is 1.29 bits per heavy atom. The molecule has 2 rings (SSSR count). The number of ether oxygens (including phenoxy) is 1. The van der Waals surface area contributed by atoms with Crippen LogP contribution in [0.25, 0.3) is 0 Å². The smallest absolute Gasteiger partial charge is 0.220 e. The highest BCUT2D eigenvalue weighted by atomic mass is 35.5. The van der Waals surface area contributed by atoms with Crippen molar-refractivity contribution in [2.75, 3.05) is 26.7 Å². The van der Waals surface area contributed by atoms with Crippen molar-refractivity contribution in [1.82, 2.24) is 15.6 Å². The van der Waals surface area contributed by atoms with Crippen molar-refractivity contribution in [2.24, 2.45) is 5.92 Å². The van der Waals surface area contributed by atoms with Gasteiger partial charge in [-0.3, -0.25) is 9.78 Å². The predicted octanol–water partition coefficient (Wildman–Crippen LogP) is 3.54. The maximum absolute atomic E-state index is 13.9. The van der Waals surface area contributed by atoms with Crippen LogP contribution in [0.1, 0.15) is 30.7 Å². The molecule has 1 aromatic heterocycles. The fraction of sp³-hybridized carbons (Fsp3) is 0.429. The third-order valence-electron chi connectivity index (χ3n) is 4.41. The van der Waals surface area contributed by atoms with Gasteiger partial charge >= 0.3 is 0 Å². The molecule has 152 valence electrons. The summed E-state index contributed by atoms with van der Waals surface area (Å²) >= 11 is 5.80. The number of carbonyl (C=O) groups is 1. The molecular weight excluding hydrogens is 381 g/mol. The molecule has 0 spiro atoms. The number of pyridine rings is 1. The SMILES string of the molecule is CCOC(c1ccc(Cl)c(F)c1)C(CNC)CNC(=O)CCc1ccccn1. The summed E-state index contributed by atoms with van der Waals surface area (Å²) in [4.78, 5) is 16.5. The van der Waals surface area contributed by atoms with Crippen molar-refractivity contribution in [3.05, 3.63) is 64.7 Å². The van der Waals surface area contributed by atoms with Gasteiger partial charge in [0.1, 0.15) is 5.82 Å². The first-order valence-electron chi connectivity index (χ1n) is 9.42. The molecule has 0 saturated heterocycles. The number of amides is 1. The van der Waals surface area contributed by atoms with Crippen LogP contribution in [0.2, 0.25) is 5.02 Å². The van der Waals surface area contributed by atoms with Crippen LogP contribution in [0, 0.1) is 11.7 Å².